The molecule has 0 aliphatic heterocycles. The maximum Gasteiger partial charge on any atom is 0.141 e. The Labute approximate surface area is 109 Å². The van der Waals surface area contributed by atoms with E-state index in [9.17, 15) is 0 Å². The molecule has 0 bridgehead atoms. The molecule has 0 saturated heterocycles. The number of aromatic nitrogens is 3. The molecular formula is C13H25N5. The van der Waals surface area contributed by atoms with Crippen molar-refractivity contribution >= 4 is 0 Å². The Kier molecular flexibility index (Phi) is 4.72. The minimum atomic E-state index is 0.366. The second kappa shape index (κ2) is 6.29. The second-order valence-electron chi connectivity index (χ2n) is 5.41. The van der Waals surface area contributed by atoms with Crippen LogP contribution >= 0.6 is 0 Å². The molecule has 1 aliphatic rings. The van der Waals surface area contributed by atoms with Crippen LogP contribution in [0.4, 0.5) is 0 Å². The maximum atomic E-state index is 5.74. The van der Waals surface area contributed by atoms with Gasteiger partial charge in [-0.3, -0.25) is 4.90 Å². The summed E-state index contributed by atoms with van der Waals surface area (Å²) in [7, 11) is 0. The van der Waals surface area contributed by atoms with Gasteiger partial charge in [0, 0.05) is 25.2 Å². The van der Waals surface area contributed by atoms with Crippen LogP contribution in [0.5, 0.6) is 0 Å². The summed E-state index contributed by atoms with van der Waals surface area (Å²) in [5.41, 5.74) is 5.74. The maximum absolute atomic E-state index is 5.74. The zero-order valence-electron chi connectivity index (χ0n) is 11.5. The molecule has 1 aromatic rings. The standard InChI is InChI=1S/C13H25N5/c1-11(2)18-13(15-10-16-18)9-17(8-7-14)12-5-3-4-6-12/h10-12H,3-9,14H2,1-2H3. The fourth-order valence-electron chi connectivity index (χ4n) is 2.83. The molecule has 0 unspecified atom stereocenters. The average Bonchev–Trinajstić information content (AvgIpc) is 2.99. The highest BCUT2D eigenvalue weighted by Gasteiger charge is 2.23. The van der Waals surface area contributed by atoms with Gasteiger partial charge in [0.15, 0.2) is 0 Å². The highest BCUT2D eigenvalue weighted by molar-refractivity contribution is 4.89. The van der Waals surface area contributed by atoms with Crippen LogP contribution in [-0.2, 0) is 6.54 Å². The van der Waals surface area contributed by atoms with E-state index >= 15 is 0 Å². The van der Waals surface area contributed by atoms with Crippen molar-refractivity contribution in [3.63, 3.8) is 0 Å². The van der Waals surface area contributed by atoms with Crippen molar-refractivity contribution in [3.8, 4) is 0 Å². The largest absolute Gasteiger partial charge is 0.329 e. The average molecular weight is 251 g/mol. The molecule has 0 spiro atoms. The molecule has 1 fully saturated rings. The fraction of sp³-hybridized carbons (Fsp3) is 0.846. The normalized spacial score (nSPS) is 17.2. The van der Waals surface area contributed by atoms with Gasteiger partial charge in [-0.15, -0.1) is 0 Å². The summed E-state index contributed by atoms with van der Waals surface area (Å²) >= 11 is 0. The van der Waals surface area contributed by atoms with E-state index in [1.54, 1.807) is 6.33 Å². The van der Waals surface area contributed by atoms with E-state index in [0.717, 1.165) is 18.9 Å². The van der Waals surface area contributed by atoms with Crippen LogP contribution in [-0.4, -0.2) is 38.8 Å². The lowest BCUT2D eigenvalue weighted by molar-refractivity contribution is 0.186. The van der Waals surface area contributed by atoms with Gasteiger partial charge in [-0.1, -0.05) is 12.8 Å². The summed E-state index contributed by atoms with van der Waals surface area (Å²) in [5, 5.41) is 4.30. The summed E-state index contributed by atoms with van der Waals surface area (Å²) in [4.78, 5) is 6.88. The van der Waals surface area contributed by atoms with Crippen LogP contribution < -0.4 is 5.73 Å². The molecule has 0 atom stereocenters. The second-order valence-corrected chi connectivity index (χ2v) is 5.41. The zero-order chi connectivity index (χ0) is 13.0. The predicted molar refractivity (Wildman–Crippen MR) is 72.1 cm³/mol. The highest BCUT2D eigenvalue weighted by Crippen LogP contribution is 2.24. The first-order valence-corrected chi connectivity index (χ1v) is 7.05. The molecule has 1 aliphatic carbocycles. The lowest BCUT2D eigenvalue weighted by Gasteiger charge is -2.28. The van der Waals surface area contributed by atoms with Gasteiger partial charge < -0.3 is 5.73 Å². The Morgan fingerprint density at radius 1 is 1.44 bits per heavy atom. The van der Waals surface area contributed by atoms with Gasteiger partial charge in [-0.2, -0.15) is 5.10 Å². The molecule has 2 rings (SSSR count). The summed E-state index contributed by atoms with van der Waals surface area (Å²) < 4.78 is 2.01. The van der Waals surface area contributed by atoms with Crippen molar-refractivity contribution in [1.82, 2.24) is 19.7 Å². The molecule has 102 valence electrons. The molecule has 18 heavy (non-hydrogen) atoms. The molecule has 1 saturated carbocycles. The predicted octanol–water partition coefficient (Wildman–Crippen LogP) is 1.56. The Bertz CT molecular complexity index is 354. The molecule has 1 aromatic heterocycles. The minimum Gasteiger partial charge on any atom is -0.329 e. The third-order valence-corrected chi connectivity index (χ3v) is 3.74. The van der Waals surface area contributed by atoms with E-state index in [0.29, 0.717) is 18.6 Å². The number of hydrogen-bond donors (Lipinski definition) is 1. The van der Waals surface area contributed by atoms with Crippen molar-refractivity contribution in [3.05, 3.63) is 12.2 Å². The lowest BCUT2D eigenvalue weighted by atomic mass is 10.2. The first-order valence-electron chi connectivity index (χ1n) is 7.05. The van der Waals surface area contributed by atoms with Gasteiger partial charge in [0.1, 0.15) is 12.2 Å². The molecular weight excluding hydrogens is 226 g/mol. The Morgan fingerprint density at radius 3 is 2.78 bits per heavy atom. The Balaban J connectivity index is 2.05. The zero-order valence-corrected chi connectivity index (χ0v) is 11.5. The van der Waals surface area contributed by atoms with E-state index in [4.69, 9.17) is 5.73 Å². The monoisotopic (exact) mass is 251 g/mol. The van der Waals surface area contributed by atoms with Crippen molar-refractivity contribution in [2.24, 2.45) is 5.73 Å². The van der Waals surface area contributed by atoms with Gasteiger partial charge in [0.25, 0.3) is 0 Å². The quantitative estimate of drug-likeness (QED) is 0.833. The summed E-state index contributed by atoms with van der Waals surface area (Å²) in [6, 6.07) is 1.05. The van der Waals surface area contributed by atoms with Crippen molar-refractivity contribution < 1.29 is 0 Å². The van der Waals surface area contributed by atoms with Gasteiger partial charge in [0.2, 0.25) is 0 Å². The molecule has 5 nitrogen and oxygen atoms in total. The minimum absolute atomic E-state index is 0.366. The molecule has 0 radical (unpaired) electrons. The number of nitrogens with zero attached hydrogens (tertiary/aromatic N) is 4. The van der Waals surface area contributed by atoms with Gasteiger partial charge in [-0.05, 0) is 26.7 Å². The molecule has 0 amide bonds. The van der Waals surface area contributed by atoms with Gasteiger partial charge in [-0.25, -0.2) is 9.67 Å². The Hall–Kier alpha value is -0.940. The van der Waals surface area contributed by atoms with Crippen LogP contribution in [0.15, 0.2) is 6.33 Å². The SMILES string of the molecule is CC(C)n1ncnc1CN(CCN)C1CCCC1. The molecule has 2 N–H and O–H groups in total. The van der Waals surface area contributed by atoms with E-state index < -0.39 is 0 Å². The van der Waals surface area contributed by atoms with Crippen LogP contribution in [0, 0.1) is 0 Å². The third-order valence-electron chi connectivity index (χ3n) is 3.74. The first kappa shape index (κ1) is 13.5. The van der Waals surface area contributed by atoms with Crippen molar-refractivity contribution in [2.45, 2.75) is 58.2 Å². The smallest absolute Gasteiger partial charge is 0.141 e. The molecule has 5 heteroatoms. The van der Waals surface area contributed by atoms with E-state index in [1.807, 2.05) is 4.68 Å². The Morgan fingerprint density at radius 2 is 2.17 bits per heavy atom. The highest BCUT2D eigenvalue weighted by atomic mass is 15.4. The number of nitrogens with two attached hydrogens (primary N) is 1. The van der Waals surface area contributed by atoms with Gasteiger partial charge >= 0.3 is 0 Å². The summed E-state index contributed by atoms with van der Waals surface area (Å²) in [5.74, 6) is 1.06. The molecule has 1 heterocycles. The van der Waals surface area contributed by atoms with Crippen molar-refractivity contribution in [2.75, 3.05) is 13.1 Å². The lowest BCUT2D eigenvalue weighted by Crippen LogP contribution is -2.37. The van der Waals surface area contributed by atoms with Gasteiger partial charge in [0.05, 0.1) is 6.54 Å². The third kappa shape index (κ3) is 3.09. The summed E-state index contributed by atoms with van der Waals surface area (Å²) in [6.07, 6.45) is 6.96. The first-order chi connectivity index (χ1) is 8.72. The van der Waals surface area contributed by atoms with E-state index in [1.165, 1.54) is 25.7 Å². The van der Waals surface area contributed by atoms with Crippen molar-refractivity contribution in [1.29, 1.82) is 0 Å². The van der Waals surface area contributed by atoms with E-state index in [-0.39, 0.29) is 0 Å². The number of hydrogen-bond acceptors (Lipinski definition) is 4. The van der Waals surface area contributed by atoms with E-state index in [2.05, 4.69) is 28.8 Å². The fourth-order valence-corrected chi connectivity index (χ4v) is 2.83. The van der Waals surface area contributed by atoms with Crippen LogP contribution in [0.25, 0.3) is 0 Å². The number of rotatable bonds is 6. The summed E-state index contributed by atoms with van der Waals surface area (Å²) in [6.45, 7) is 6.82. The van der Waals surface area contributed by atoms with Crippen LogP contribution in [0.2, 0.25) is 0 Å². The molecule has 0 aromatic carbocycles. The van der Waals surface area contributed by atoms with Crippen LogP contribution in [0.3, 0.4) is 0 Å². The topological polar surface area (TPSA) is 60.0 Å². The van der Waals surface area contributed by atoms with Crippen LogP contribution in [0.1, 0.15) is 51.4 Å².